The minimum atomic E-state index is -0.369. The molecule has 124 valence electrons. The number of hydrogen-bond acceptors (Lipinski definition) is 6. The Hall–Kier alpha value is -2.22. The molecule has 0 aromatic carbocycles. The topological polar surface area (TPSA) is 92.7 Å². The van der Waals surface area contributed by atoms with Gasteiger partial charge >= 0.3 is 0 Å². The second-order valence-corrected chi connectivity index (χ2v) is 5.87. The van der Waals surface area contributed by atoms with Gasteiger partial charge in [-0.25, -0.2) is 4.98 Å². The van der Waals surface area contributed by atoms with Crippen molar-refractivity contribution < 1.29 is 4.79 Å². The van der Waals surface area contributed by atoms with Gasteiger partial charge in [0.05, 0.1) is 6.04 Å². The summed E-state index contributed by atoms with van der Waals surface area (Å²) < 4.78 is 1.87. The van der Waals surface area contributed by atoms with Crippen LogP contribution in [0.1, 0.15) is 26.2 Å². The predicted octanol–water partition coefficient (Wildman–Crippen LogP) is 0.290. The van der Waals surface area contributed by atoms with Gasteiger partial charge < -0.3 is 15.5 Å². The van der Waals surface area contributed by atoms with Crippen molar-refractivity contribution in [2.24, 2.45) is 5.73 Å². The molecule has 2 aromatic heterocycles. The number of fused-ring (bicyclic) bond motifs is 1. The first kappa shape index (κ1) is 15.7. The first-order valence-corrected chi connectivity index (χ1v) is 8.14. The van der Waals surface area contributed by atoms with Crippen molar-refractivity contribution in [3.63, 3.8) is 0 Å². The Balaban J connectivity index is 1.62. The number of aromatic nitrogens is 4. The second-order valence-electron chi connectivity index (χ2n) is 5.87. The summed E-state index contributed by atoms with van der Waals surface area (Å²) >= 11 is 0. The minimum absolute atomic E-state index is 0.0715. The third-order valence-electron chi connectivity index (χ3n) is 4.29. The molecule has 2 N–H and O–H groups in total. The molecule has 1 aliphatic heterocycles. The summed E-state index contributed by atoms with van der Waals surface area (Å²) in [5, 5.41) is 7.86. The van der Waals surface area contributed by atoms with Crippen molar-refractivity contribution in [1.29, 1.82) is 0 Å². The summed E-state index contributed by atoms with van der Waals surface area (Å²) in [5.74, 6) is 1.66. The van der Waals surface area contributed by atoms with E-state index < -0.39 is 0 Å². The number of anilines is 1. The number of hydrogen-bond donors (Lipinski definition) is 1. The van der Waals surface area contributed by atoms with Crippen LogP contribution in [0.15, 0.2) is 18.6 Å². The summed E-state index contributed by atoms with van der Waals surface area (Å²) in [5.41, 5.74) is 6.01. The smallest absolute Gasteiger partial charge is 0.256 e. The fraction of sp³-hybridized carbons (Fsp3) is 0.600. The van der Waals surface area contributed by atoms with Crippen LogP contribution in [0, 0.1) is 0 Å². The highest BCUT2D eigenvalue weighted by molar-refractivity contribution is 5.81. The standard InChI is InChI=1S/C15H23N7O/c1-2-3-4-12(16)14(23)21-9-7-20(8-10-21)13-5-6-17-15-19-18-11-22(13)15/h5-6,11-12H,2-4,7-10,16H2,1H3. The summed E-state index contributed by atoms with van der Waals surface area (Å²) in [6.07, 6.45) is 6.22. The molecule has 1 fully saturated rings. The van der Waals surface area contributed by atoms with E-state index in [-0.39, 0.29) is 11.9 Å². The van der Waals surface area contributed by atoms with Crippen molar-refractivity contribution >= 4 is 17.5 Å². The maximum Gasteiger partial charge on any atom is 0.256 e. The van der Waals surface area contributed by atoms with E-state index in [1.165, 1.54) is 0 Å². The van der Waals surface area contributed by atoms with Gasteiger partial charge in [0.2, 0.25) is 5.91 Å². The van der Waals surface area contributed by atoms with E-state index in [2.05, 4.69) is 27.0 Å². The molecule has 23 heavy (non-hydrogen) atoms. The minimum Gasteiger partial charge on any atom is -0.354 e. The van der Waals surface area contributed by atoms with E-state index in [1.54, 1.807) is 12.5 Å². The van der Waals surface area contributed by atoms with Gasteiger partial charge in [0.1, 0.15) is 12.1 Å². The highest BCUT2D eigenvalue weighted by Crippen LogP contribution is 2.17. The van der Waals surface area contributed by atoms with Gasteiger partial charge in [0.25, 0.3) is 5.78 Å². The van der Waals surface area contributed by atoms with Crippen molar-refractivity contribution in [2.45, 2.75) is 32.2 Å². The number of unbranched alkanes of at least 4 members (excludes halogenated alkanes) is 1. The molecule has 1 aliphatic rings. The molecule has 1 unspecified atom stereocenters. The maximum atomic E-state index is 12.4. The molecule has 1 saturated heterocycles. The highest BCUT2D eigenvalue weighted by atomic mass is 16.2. The number of carbonyl (C=O) groups excluding carboxylic acids is 1. The lowest BCUT2D eigenvalue weighted by molar-refractivity contribution is -0.133. The SMILES string of the molecule is CCCCC(N)C(=O)N1CCN(c2ccnc3nncn23)CC1. The van der Waals surface area contributed by atoms with Crippen LogP contribution in [0.25, 0.3) is 5.78 Å². The molecule has 0 radical (unpaired) electrons. The lowest BCUT2D eigenvalue weighted by atomic mass is 10.1. The largest absolute Gasteiger partial charge is 0.354 e. The maximum absolute atomic E-state index is 12.4. The Morgan fingerprint density at radius 3 is 2.87 bits per heavy atom. The molecular weight excluding hydrogens is 294 g/mol. The number of nitrogens with zero attached hydrogens (tertiary/aromatic N) is 6. The molecule has 1 amide bonds. The molecule has 0 spiro atoms. The number of carbonyl (C=O) groups is 1. The van der Waals surface area contributed by atoms with Gasteiger partial charge in [-0.15, -0.1) is 10.2 Å². The Morgan fingerprint density at radius 2 is 2.13 bits per heavy atom. The van der Waals surface area contributed by atoms with Crippen LogP contribution in [0.2, 0.25) is 0 Å². The number of nitrogens with two attached hydrogens (primary N) is 1. The fourth-order valence-electron chi connectivity index (χ4n) is 2.93. The van der Waals surface area contributed by atoms with Crippen LogP contribution < -0.4 is 10.6 Å². The average Bonchev–Trinajstić information content (AvgIpc) is 3.08. The van der Waals surface area contributed by atoms with Crippen LogP contribution in [-0.4, -0.2) is 62.6 Å². The zero-order valence-corrected chi connectivity index (χ0v) is 13.4. The molecule has 8 heteroatoms. The van der Waals surface area contributed by atoms with E-state index in [4.69, 9.17) is 5.73 Å². The van der Waals surface area contributed by atoms with Crippen LogP contribution >= 0.6 is 0 Å². The van der Waals surface area contributed by atoms with Gasteiger partial charge in [-0.05, 0) is 12.5 Å². The molecule has 1 atom stereocenters. The van der Waals surface area contributed by atoms with Crippen molar-refractivity contribution in [1.82, 2.24) is 24.5 Å². The lowest BCUT2D eigenvalue weighted by Crippen LogP contribution is -2.53. The first-order chi connectivity index (χ1) is 11.2. The van der Waals surface area contributed by atoms with E-state index in [0.717, 1.165) is 38.2 Å². The van der Waals surface area contributed by atoms with Gasteiger partial charge in [0.15, 0.2) is 0 Å². The Bertz CT molecular complexity index is 663. The molecular formula is C15H23N7O. The summed E-state index contributed by atoms with van der Waals surface area (Å²) in [4.78, 5) is 20.6. The van der Waals surface area contributed by atoms with Crippen molar-refractivity contribution in [3.05, 3.63) is 18.6 Å². The van der Waals surface area contributed by atoms with Gasteiger partial charge in [0, 0.05) is 32.4 Å². The normalized spacial score (nSPS) is 16.8. The molecule has 0 saturated carbocycles. The zero-order chi connectivity index (χ0) is 16.2. The number of rotatable bonds is 5. The van der Waals surface area contributed by atoms with Crippen LogP contribution in [0.4, 0.5) is 5.82 Å². The summed E-state index contributed by atoms with van der Waals surface area (Å²) in [7, 11) is 0. The van der Waals surface area contributed by atoms with Gasteiger partial charge in [-0.3, -0.25) is 9.20 Å². The fourth-order valence-corrected chi connectivity index (χ4v) is 2.93. The summed E-state index contributed by atoms with van der Waals surface area (Å²) in [6, 6.07) is 1.58. The third kappa shape index (κ3) is 3.26. The van der Waals surface area contributed by atoms with Crippen LogP contribution in [0.3, 0.4) is 0 Å². The quantitative estimate of drug-likeness (QED) is 0.852. The average molecular weight is 317 g/mol. The monoisotopic (exact) mass is 317 g/mol. The predicted molar refractivity (Wildman–Crippen MR) is 87.1 cm³/mol. The lowest BCUT2D eigenvalue weighted by Gasteiger charge is -2.37. The molecule has 3 heterocycles. The first-order valence-electron chi connectivity index (χ1n) is 8.14. The molecule has 2 aromatic rings. The molecule has 3 rings (SSSR count). The highest BCUT2D eigenvalue weighted by Gasteiger charge is 2.25. The molecule has 8 nitrogen and oxygen atoms in total. The zero-order valence-electron chi connectivity index (χ0n) is 13.4. The second kappa shape index (κ2) is 6.91. The van der Waals surface area contributed by atoms with Crippen molar-refractivity contribution in [2.75, 3.05) is 31.1 Å². The number of amides is 1. The van der Waals surface area contributed by atoms with E-state index in [9.17, 15) is 4.79 Å². The Labute approximate surface area is 135 Å². The van der Waals surface area contributed by atoms with Crippen molar-refractivity contribution in [3.8, 4) is 0 Å². The molecule has 0 aliphatic carbocycles. The summed E-state index contributed by atoms with van der Waals surface area (Å²) in [6.45, 7) is 5.01. The third-order valence-corrected chi connectivity index (χ3v) is 4.29. The van der Waals surface area contributed by atoms with E-state index >= 15 is 0 Å². The Kier molecular flexibility index (Phi) is 4.71. The van der Waals surface area contributed by atoms with E-state index in [0.29, 0.717) is 18.9 Å². The Morgan fingerprint density at radius 1 is 1.35 bits per heavy atom. The van der Waals surface area contributed by atoms with E-state index in [1.807, 2.05) is 15.4 Å². The van der Waals surface area contributed by atoms with Gasteiger partial charge in [-0.1, -0.05) is 19.8 Å². The van der Waals surface area contributed by atoms with Gasteiger partial charge in [-0.2, -0.15) is 0 Å². The van der Waals surface area contributed by atoms with Crippen LogP contribution in [0.5, 0.6) is 0 Å². The number of piperazine rings is 1. The van der Waals surface area contributed by atoms with Crippen LogP contribution in [-0.2, 0) is 4.79 Å². The molecule has 0 bridgehead atoms.